The molecule has 1 aliphatic carbocycles. The van der Waals surface area contributed by atoms with Gasteiger partial charge in [-0.3, -0.25) is 0 Å². The molecule has 2 fully saturated rings. The lowest BCUT2D eigenvalue weighted by Gasteiger charge is -2.44. The third-order valence-corrected chi connectivity index (χ3v) is 4.33. The van der Waals surface area contributed by atoms with E-state index in [2.05, 4.69) is 0 Å². The van der Waals surface area contributed by atoms with Gasteiger partial charge in [-0.1, -0.05) is 12.8 Å². The van der Waals surface area contributed by atoms with Crippen LogP contribution in [0, 0.1) is 0 Å². The lowest BCUT2D eigenvalue weighted by atomic mass is 9.83. The van der Waals surface area contributed by atoms with Crippen molar-refractivity contribution in [1.29, 1.82) is 0 Å². The highest BCUT2D eigenvalue weighted by Gasteiger charge is 2.44. The minimum atomic E-state index is -0.434. The molecular weight excluding hydrogens is 240 g/mol. The fraction of sp³-hybridized carbons (Fsp3) is 0.933. The third-order valence-electron chi connectivity index (χ3n) is 4.33. The van der Waals surface area contributed by atoms with Crippen molar-refractivity contribution >= 4 is 6.09 Å². The predicted octanol–water partition coefficient (Wildman–Crippen LogP) is 3.05. The van der Waals surface area contributed by atoms with Crippen molar-refractivity contribution in [3.05, 3.63) is 0 Å². The highest BCUT2D eigenvalue weighted by Crippen LogP contribution is 2.37. The fourth-order valence-corrected chi connectivity index (χ4v) is 3.43. The minimum absolute atomic E-state index is 0.165. The molecule has 0 bridgehead atoms. The molecule has 1 unspecified atom stereocenters. The summed E-state index contributed by atoms with van der Waals surface area (Å²) >= 11 is 0. The highest BCUT2D eigenvalue weighted by molar-refractivity contribution is 5.69. The molecule has 1 amide bonds. The van der Waals surface area contributed by atoms with Gasteiger partial charge in [0.1, 0.15) is 5.60 Å². The largest absolute Gasteiger partial charge is 0.444 e. The van der Waals surface area contributed by atoms with Gasteiger partial charge in [0.15, 0.2) is 0 Å². The molecule has 1 aliphatic heterocycles. The molecule has 2 N–H and O–H groups in total. The number of piperidine rings is 1. The van der Waals surface area contributed by atoms with Crippen LogP contribution in [0.25, 0.3) is 0 Å². The lowest BCUT2D eigenvalue weighted by Crippen LogP contribution is -2.60. The Labute approximate surface area is 116 Å². The van der Waals surface area contributed by atoms with Crippen molar-refractivity contribution in [3.63, 3.8) is 0 Å². The van der Waals surface area contributed by atoms with Crippen LogP contribution in [0.5, 0.6) is 0 Å². The van der Waals surface area contributed by atoms with E-state index in [-0.39, 0.29) is 17.7 Å². The van der Waals surface area contributed by atoms with Crippen LogP contribution in [0.4, 0.5) is 4.79 Å². The Hall–Kier alpha value is -0.770. The van der Waals surface area contributed by atoms with Gasteiger partial charge in [0, 0.05) is 12.1 Å². The molecule has 1 saturated carbocycles. The molecule has 2 rings (SSSR count). The first-order chi connectivity index (χ1) is 8.82. The van der Waals surface area contributed by atoms with Gasteiger partial charge >= 0.3 is 6.09 Å². The monoisotopic (exact) mass is 268 g/mol. The minimum Gasteiger partial charge on any atom is -0.444 e. The summed E-state index contributed by atoms with van der Waals surface area (Å²) in [7, 11) is 0. The smallest absolute Gasteiger partial charge is 0.410 e. The number of nitrogens with two attached hydrogens (primary N) is 1. The molecule has 110 valence electrons. The molecule has 1 atom stereocenters. The third kappa shape index (κ3) is 3.41. The summed E-state index contributed by atoms with van der Waals surface area (Å²) in [5.41, 5.74) is 5.96. The summed E-state index contributed by atoms with van der Waals surface area (Å²) in [4.78, 5) is 14.3. The van der Waals surface area contributed by atoms with Crippen LogP contribution in [-0.2, 0) is 4.74 Å². The summed E-state index contributed by atoms with van der Waals surface area (Å²) in [6.45, 7) is 6.53. The number of nitrogens with zero attached hydrogens (tertiary/aromatic N) is 1. The second kappa shape index (κ2) is 5.31. The van der Waals surface area contributed by atoms with Crippen molar-refractivity contribution in [1.82, 2.24) is 4.90 Å². The van der Waals surface area contributed by atoms with Crippen molar-refractivity contribution in [2.45, 2.75) is 82.9 Å². The maximum atomic E-state index is 12.4. The number of ether oxygens (including phenoxy) is 1. The molecule has 4 heteroatoms. The standard InChI is InChI=1S/C15H28N2O2/c1-14(2,3)19-13(18)17-11-7-4-8-12(17)15(16)9-5-6-10-15/h12H,4-11,16H2,1-3H3. The van der Waals surface area contributed by atoms with E-state index in [0.717, 1.165) is 32.2 Å². The van der Waals surface area contributed by atoms with Gasteiger partial charge in [0.25, 0.3) is 0 Å². The zero-order valence-electron chi connectivity index (χ0n) is 12.6. The van der Waals surface area contributed by atoms with Crippen molar-refractivity contribution in [3.8, 4) is 0 Å². The van der Waals surface area contributed by atoms with Gasteiger partial charge in [-0.15, -0.1) is 0 Å². The Morgan fingerprint density at radius 3 is 2.42 bits per heavy atom. The molecular formula is C15H28N2O2. The quantitative estimate of drug-likeness (QED) is 0.795. The number of amides is 1. The van der Waals surface area contributed by atoms with E-state index in [1.165, 1.54) is 19.3 Å². The van der Waals surface area contributed by atoms with Crippen LogP contribution in [0.3, 0.4) is 0 Å². The molecule has 0 aromatic carbocycles. The van der Waals surface area contributed by atoms with Crippen LogP contribution < -0.4 is 5.73 Å². The Balaban J connectivity index is 2.09. The number of hydrogen-bond acceptors (Lipinski definition) is 3. The van der Waals surface area contributed by atoms with Crippen molar-refractivity contribution in [2.24, 2.45) is 5.73 Å². The number of carbonyl (C=O) groups excluding carboxylic acids is 1. The Kier molecular flexibility index (Phi) is 4.09. The average molecular weight is 268 g/mol. The molecule has 0 radical (unpaired) electrons. The first-order valence-electron chi connectivity index (χ1n) is 7.60. The first kappa shape index (κ1) is 14.6. The van der Waals surface area contributed by atoms with Crippen LogP contribution in [0.2, 0.25) is 0 Å². The van der Waals surface area contributed by atoms with Gasteiger partial charge in [-0.25, -0.2) is 4.79 Å². The SMILES string of the molecule is CC(C)(C)OC(=O)N1CCCCC1C1(N)CCCC1. The summed E-state index contributed by atoms with van der Waals surface area (Å²) in [6, 6.07) is 0.165. The number of carbonyl (C=O) groups is 1. The van der Waals surface area contributed by atoms with Gasteiger partial charge in [-0.2, -0.15) is 0 Å². The molecule has 0 aromatic heterocycles. The second-order valence-corrected chi connectivity index (χ2v) is 7.13. The Morgan fingerprint density at radius 1 is 1.21 bits per heavy atom. The van der Waals surface area contributed by atoms with E-state index in [4.69, 9.17) is 10.5 Å². The van der Waals surface area contributed by atoms with E-state index in [1.807, 2.05) is 25.7 Å². The molecule has 4 nitrogen and oxygen atoms in total. The van der Waals surface area contributed by atoms with Crippen LogP contribution in [0.1, 0.15) is 65.7 Å². The topological polar surface area (TPSA) is 55.6 Å². The normalized spacial score (nSPS) is 27.4. The summed E-state index contributed by atoms with van der Waals surface area (Å²) < 4.78 is 5.54. The Morgan fingerprint density at radius 2 is 1.84 bits per heavy atom. The number of likely N-dealkylation sites (tertiary alicyclic amines) is 1. The second-order valence-electron chi connectivity index (χ2n) is 7.13. The lowest BCUT2D eigenvalue weighted by molar-refractivity contribution is -0.00182. The molecule has 1 heterocycles. The van der Waals surface area contributed by atoms with Gasteiger partial charge in [0.05, 0.1) is 6.04 Å². The Bertz CT molecular complexity index is 330. The van der Waals surface area contributed by atoms with E-state index >= 15 is 0 Å². The molecule has 0 spiro atoms. The molecule has 2 aliphatic rings. The highest BCUT2D eigenvalue weighted by atomic mass is 16.6. The van der Waals surface area contributed by atoms with Gasteiger partial charge in [0.2, 0.25) is 0 Å². The van der Waals surface area contributed by atoms with E-state index in [9.17, 15) is 4.79 Å². The summed E-state index contributed by atoms with van der Waals surface area (Å²) in [5, 5.41) is 0. The zero-order chi connectivity index (χ0) is 14.1. The van der Waals surface area contributed by atoms with Crippen LogP contribution in [0.15, 0.2) is 0 Å². The van der Waals surface area contributed by atoms with Gasteiger partial charge in [-0.05, 0) is 52.9 Å². The fourth-order valence-electron chi connectivity index (χ4n) is 3.43. The van der Waals surface area contributed by atoms with Crippen molar-refractivity contribution in [2.75, 3.05) is 6.54 Å². The molecule has 1 saturated heterocycles. The first-order valence-corrected chi connectivity index (χ1v) is 7.60. The maximum Gasteiger partial charge on any atom is 0.410 e. The van der Waals surface area contributed by atoms with Crippen LogP contribution in [-0.4, -0.2) is 34.7 Å². The zero-order valence-corrected chi connectivity index (χ0v) is 12.6. The summed E-state index contributed by atoms with van der Waals surface area (Å²) in [6.07, 6.45) is 7.52. The van der Waals surface area contributed by atoms with Crippen molar-refractivity contribution < 1.29 is 9.53 Å². The predicted molar refractivity (Wildman–Crippen MR) is 76.0 cm³/mol. The maximum absolute atomic E-state index is 12.4. The number of rotatable bonds is 1. The van der Waals surface area contributed by atoms with Crippen LogP contribution >= 0.6 is 0 Å². The van der Waals surface area contributed by atoms with Gasteiger partial charge < -0.3 is 15.4 Å². The molecule has 0 aromatic rings. The number of hydrogen-bond donors (Lipinski definition) is 1. The average Bonchev–Trinajstić information content (AvgIpc) is 2.75. The van der Waals surface area contributed by atoms with E-state index in [0.29, 0.717) is 0 Å². The van der Waals surface area contributed by atoms with E-state index < -0.39 is 5.60 Å². The summed E-state index contributed by atoms with van der Waals surface area (Å²) in [5.74, 6) is 0. The molecule has 19 heavy (non-hydrogen) atoms. The van der Waals surface area contributed by atoms with E-state index in [1.54, 1.807) is 0 Å².